The highest BCUT2D eigenvalue weighted by atomic mass is 79.9. The summed E-state index contributed by atoms with van der Waals surface area (Å²) in [6.45, 7) is 2.25. The van der Waals surface area contributed by atoms with E-state index in [1.54, 1.807) is 0 Å². The fourth-order valence-corrected chi connectivity index (χ4v) is 5.32. The van der Waals surface area contributed by atoms with E-state index < -0.39 is 0 Å². The number of hydrogen-bond donors (Lipinski definition) is 2. The van der Waals surface area contributed by atoms with Gasteiger partial charge in [0.1, 0.15) is 18.2 Å². The highest BCUT2D eigenvalue weighted by Crippen LogP contribution is 2.30. The first-order valence-corrected chi connectivity index (χ1v) is 13.8. The minimum Gasteiger partial charge on any atom is -0.489 e. The van der Waals surface area contributed by atoms with Crippen molar-refractivity contribution in [2.45, 2.75) is 32.3 Å². The molecular formula is C31H33BrN4O. The van der Waals surface area contributed by atoms with Crippen molar-refractivity contribution < 1.29 is 4.74 Å². The molecule has 0 bridgehead atoms. The van der Waals surface area contributed by atoms with Gasteiger partial charge in [0, 0.05) is 16.4 Å². The van der Waals surface area contributed by atoms with Gasteiger partial charge in [0.05, 0.1) is 5.52 Å². The minimum absolute atomic E-state index is 0.556. The lowest BCUT2D eigenvalue weighted by atomic mass is 9.81. The molecule has 1 aliphatic carbocycles. The molecule has 1 fully saturated rings. The Labute approximate surface area is 227 Å². The summed E-state index contributed by atoms with van der Waals surface area (Å²) in [7, 11) is 0. The first-order valence-electron chi connectivity index (χ1n) is 13.0. The van der Waals surface area contributed by atoms with Gasteiger partial charge in [0.2, 0.25) is 0 Å². The van der Waals surface area contributed by atoms with Crippen molar-refractivity contribution in [3.8, 4) is 5.75 Å². The first-order chi connectivity index (χ1) is 18.2. The number of halogens is 1. The molecule has 1 aromatic heterocycles. The van der Waals surface area contributed by atoms with Crippen LogP contribution in [0, 0.1) is 11.8 Å². The van der Waals surface area contributed by atoms with Crippen LogP contribution in [0.4, 0.5) is 5.82 Å². The molecule has 3 aromatic carbocycles. The van der Waals surface area contributed by atoms with Crippen LogP contribution >= 0.6 is 15.9 Å². The number of nitrogens with zero attached hydrogens (tertiary/aromatic N) is 2. The molecule has 2 unspecified atom stereocenters. The quantitative estimate of drug-likeness (QED) is 0.226. The Morgan fingerprint density at radius 3 is 2.57 bits per heavy atom. The average Bonchev–Trinajstić information content (AvgIpc) is 2.95. The number of nitrogens with two attached hydrogens (primary N) is 1. The van der Waals surface area contributed by atoms with E-state index in [9.17, 15) is 0 Å². The monoisotopic (exact) mass is 556 g/mol. The van der Waals surface area contributed by atoms with Crippen molar-refractivity contribution in [2.75, 3.05) is 18.4 Å². The Hall–Kier alpha value is -3.22. The molecule has 190 valence electrons. The smallest absolute Gasteiger partial charge is 0.154 e. The maximum atomic E-state index is 5.95. The maximum absolute atomic E-state index is 5.95. The standard InChI is InChI=1S/C31H33BrN4O/c32-26-12-15-29-28(18-26)31(34-20-25-8-4-7-24(17-25)19-33)36-30(35-29)16-11-22-9-13-27(14-10-22)37-21-23-5-2-1-3-6-23/h1-3,5-6,9-16,18,24-25H,4,7-8,17,19-21,33H2,(H,34,35,36)/b16-11+. The van der Waals surface area contributed by atoms with Gasteiger partial charge < -0.3 is 15.8 Å². The largest absolute Gasteiger partial charge is 0.489 e. The van der Waals surface area contributed by atoms with Crippen molar-refractivity contribution in [3.05, 3.63) is 94.2 Å². The molecule has 3 N–H and O–H groups in total. The average molecular weight is 558 g/mol. The predicted octanol–water partition coefficient (Wildman–Crippen LogP) is 7.32. The Balaban J connectivity index is 1.29. The van der Waals surface area contributed by atoms with E-state index in [-0.39, 0.29) is 0 Å². The van der Waals surface area contributed by atoms with Gasteiger partial charge in [0.15, 0.2) is 5.82 Å². The normalized spacial score (nSPS) is 17.8. The highest BCUT2D eigenvalue weighted by molar-refractivity contribution is 9.10. The van der Waals surface area contributed by atoms with Crippen molar-refractivity contribution >= 4 is 44.8 Å². The zero-order valence-electron chi connectivity index (χ0n) is 20.9. The molecule has 0 aliphatic heterocycles. The van der Waals surface area contributed by atoms with Gasteiger partial charge >= 0.3 is 0 Å². The highest BCUT2D eigenvalue weighted by Gasteiger charge is 2.21. The van der Waals surface area contributed by atoms with Crippen LogP contribution in [-0.4, -0.2) is 23.1 Å². The summed E-state index contributed by atoms with van der Waals surface area (Å²) >= 11 is 3.60. The van der Waals surface area contributed by atoms with Gasteiger partial charge in [-0.3, -0.25) is 0 Å². The van der Waals surface area contributed by atoms with Gasteiger partial charge in [-0.15, -0.1) is 0 Å². The predicted molar refractivity (Wildman–Crippen MR) is 156 cm³/mol. The summed E-state index contributed by atoms with van der Waals surface area (Å²) in [6, 6.07) is 24.4. The second-order valence-corrected chi connectivity index (χ2v) is 10.7. The van der Waals surface area contributed by atoms with Gasteiger partial charge in [0.25, 0.3) is 0 Å². The molecule has 0 amide bonds. The molecule has 6 heteroatoms. The van der Waals surface area contributed by atoms with Crippen LogP contribution in [0.3, 0.4) is 0 Å². The fraction of sp³-hybridized carbons (Fsp3) is 0.290. The molecule has 37 heavy (non-hydrogen) atoms. The third kappa shape index (κ3) is 6.96. The number of ether oxygens (including phenoxy) is 1. The molecule has 1 heterocycles. The molecule has 4 aromatic rings. The Bertz CT molecular complexity index is 1340. The van der Waals surface area contributed by atoms with Crippen LogP contribution in [0.2, 0.25) is 0 Å². The van der Waals surface area contributed by atoms with Gasteiger partial charge in [-0.25, -0.2) is 9.97 Å². The third-order valence-corrected chi connectivity index (χ3v) is 7.50. The van der Waals surface area contributed by atoms with E-state index in [0.717, 1.165) is 51.2 Å². The van der Waals surface area contributed by atoms with Crippen molar-refractivity contribution in [1.29, 1.82) is 0 Å². The van der Waals surface area contributed by atoms with E-state index in [2.05, 4.69) is 39.4 Å². The SMILES string of the molecule is NCC1CCCC(CNc2nc(/C=C/c3ccc(OCc4ccccc4)cc3)nc3ccc(Br)cc23)C1. The Morgan fingerprint density at radius 2 is 1.76 bits per heavy atom. The van der Waals surface area contributed by atoms with Crippen molar-refractivity contribution in [3.63, 3.8) is 0 Å². The van der Waals surface area contributed by atoms with Gasteiger partial charge in [-0.05, 0) is 85.2 Å². The Morgan fingerprint density at radius 1 is 0.946 bits per heavy atom. The topological polar surface area (TPSA) is 73.1 Å². The number of benzene rings is 3. The molecular weight excluding hydrogens is 524 g/mol. The Kier molecular flexibility index (Phi) is 8.49. The van der Waals surface area contributed by atoms with E-state index in [1.807, 2.05) is 66.7 Å². The molecule has 0 saturated heterocycles. The summed E-state index contributed by atoms with van der Waals surface area (Å²) in [6.07, 6.45) is 8.96. The van der Waals surface area contributed by atoms with Crippen molar-refractivity contribution in [2.24, 2.45) is 17.6 Å². The minimum atomic E-state index is 0.556. The number of aromatic nitrogens is 2. The zero-order chi connectivity index (χ0) is 25.5. The summed E-state index contributed by atoms with van der Waals surface area (Å²) in [5.74, 6) is 3.68. The van der Waals surface area contributed by atoms with Crippen LogP contribution in [-0.2, 0) is 6.61 Å². The third-order valence-electron chi connectivity index (χ3n) is 7.01. The zero-order valence-corrected chi connectivity index (χ0v) is 22.5. The number of rotatable bonds is 9. The lowest BCUT2D eigenvalue weighted by molar-refractivity contribution is 0.281. The van der Waals surface area contributed by atoms with E-state index in [4.69, 9.17) is 20.4 Å². The summed E-state index contributed by atoms with van der Waals surface area (Å²) < 4.78 is 6.93. The molecule has 5 nitrogen and oxygen atoms in total. The molecule has 1 saturated carbocycles. The second kappa shape index (κ2) is 12.3. The van der Waals surface area contributed by atoms with E-state index in [1.165, 1.54) is 25.7 Å². The van der Waals surface area contributed by atoms with Crippen molar-refractivity contribution in [1.82, 2.24) is 9.97 Å². The van der Waals surface area contributed by atoms with Gasteiger partial charge in [-0.1, -0.05) is 70.9 Å². The van der Waals surface area contributed by atoms with E-state index >= 15 is 0 Å². The molecule has 0 spiro atoms. The molecule has 1 aliphatic rings. The second-order valence-electron chi connectivity index (χ2n) is 9.78. The molecule has 0 radical (unpaired) electrons. The van der Waals surface area contributed by atoms with Crippen LogP contribution in [0.25, 0.3) is 23.1 Å². The van der Waals surface area contributed by atoms with Crippen LogP contribution in [0.1, 0.15) is 42.6 Å². The molecule has 5 rings (SSSR count). The first kappa shape index (κ1) is 25.4. The number of hydrogen-bond acceptors (Lipinski definition) is 5. The van der Waals surface area contributed by atoms with E-state index in [0.29, 0.717) is 24.3 Å². The maximum Gasteiger partial charge on any atom is 0.154 e. The van der Waals surface area contributed by atoms with Gasteiger partial charge in [-0.2, -0.15) is 0 Å². The molecule has 2 atom stereocenters. The lowest BCUT2D eigenvalue weighted by Gasteiger charge is -2.28. The number of fused-ring (bicyclic) bond motifs is 1. The van der Waals surface area contributed by atoms with Crippen LogP contribution in [0.15, 0.2) is 77.3 Å². The fourth-order valence-electron chi connectivity index (χ4n) is 4.96. The number of anilines is 1. The summed E-state index contributed by atoms with van der Waals surface area (Å²) in [4.78, 5) is 9.67. The number of nitrogens with one attached hydrogen (secondary N) is 1. The summed E-state index contributed by atoms with van der Waals surface area (Å²) in [5, 5.41) is 4.67. The summed E-state index contributed by atoms with van der Waals surface area (Å²) in [5.41, 5.74) is 9.09. The van der Waals surface area contributed by atoms with Crippen LogP contribution < -0.4 is 15.8 Å². The van der Waals surface area contributed by atoms with Crippen LogP contribution in [0.5, 0.6) is 5.75 Å². The lowest BCUT2D eigenvalue weighted by Crippen LogP contribution is -2.26.